The monoisotopic (exact) mass is 487 g/mol. The van der Waals surface area contributed by atoms with Crippen molar-refractivity contribution in [1.82, 2.24) is 4.98 Å². The molecular formula is C25H24F3N3O2S. The maximum atomic E-state index is 13.0. The van der Waals surface area contributed by atoms with Gasteiger partial charge >= 0.3 is 6.18 Å². The van der Waals surface area contributed by atoms with Crippen LogP contribution in [0.15, 0.2) is 66.7 Å². The first kappa shape index (κ1) is 23.8. The van der Waals surface area contributed by atoms with Crippen molar-refractivity contribution in [3.63, 3.8) is 0 Å². The normalized spacial score (nSPS) is 11.6. The lowest BCUT2D eigenvalue weighted by atomic mass is 10.1. The predicted molar refractivity (Wildman–Crippen MR) is 128 cm³/mol. The number of hydrogen-bond donors (Lipinski definition) is 1. The molecule has 34 heavy (non-hydrogen) atoms. The smallest absolute Gasteiger partial charge is 0.416 e. The quantitative estimate of drug-likeness (QED) is 0.320. The van der Waals surface area contributed by atoms with E-state index in [0.29, 0.717) is 36.7 Å². The van der Waals surface area contributed by atoms with Crippen molar-refractivity contribution in [2.24, 2.45) is 5.73 Å². The van der Waals surface area contributed by atoms with Gasteiger partial charge in [0.25, 0.3) is 0 Å². The molecule has 0 aliphatic carbocycles. The number of alkyl halides is 3. The molecule has 0 unspecified atom stereocenters. The summed E-state index contributed by atoms with van der Waals surface area (Å²) in [5.74, 6) is 0.954. The van der Waals surface area contributed by atoms with Crippen LogP contribution in [0.25, 0.3) is 10.2 Å². The number of methoxy groups -OCH3 is 1. The highest BCUT2D eigenvalue weighted by Crippen LogP contribution is 2.33. The molecule has 0 aliphatic rings. The summed E-state index contributed by atoms with van der Waals surface area (Å²) in [4.78, 5) is 6.84. The number of hydrogen-bond acceptors (Lipinski definition) is 6. The van der Waals surface area contributed by atoms with Crippen LogP contribution in [0.2, 0.25) is 0 Å². The number of nitrogens with zero attached hydrogens (tertiary/aromatic N) is 2. The first-order valence-electron chi connectivity index (χ1n) is 10.6. The van der Waals surface area contributed by atoms with Gasteiger partial charge in [-0.2, -0.15) is 13.2 Å². The second-order valence-corrected chi connectivity index (χ2v) is 8.66. The van der Waals surface area contributed by atoms with Gasteiger partial charge in [-0.1, -0.05) is 41.7 Å². The van der Waals surface area contributed by atoms with Crippen LogP contribution in [0.3, 0.4) is 0 Å². The van der Waals surface area contributed by atoms with E-state index in [4.69, 9.17) is 20.2 Å². The number of aromatic nitrogens is 1. The number of benzene rings is 3. The zero-order valence-electron chi connectivity index (χ0n) is 18.5. The summed E-state index contributed by atoms with van der Waals surface area (Å²) >= 11 is 1.61. The van der Waals surface area contributed by atoms with E-state index in [1.54, 1.807) is 23.5 Å². The van der Waals surface area contributed by atoms with E-state index in [0.717, 1.165) is 33.0 Å². The largest absolute Gasteiger partial charge is 0.493 e. The molecule has 0 spiro atoms. The summed E-state index contributed by atoms with van der Waals surface area (Å²) in [6, 6.07) is 18.6. The molecule has 0 aliphatic heterocycles. The zero-order chi connectivity index (χ0) is 24.1. The predicted octanol–water partition coefficient (Wildman–Crippen LogP) is 5.87. The number of halogens is 3. The Morgan fingerprint density at radius 3 is 2.53 bits per heavy atom. The number of fused-ring (bicyclic) bond motifs is 1. The van der Waals surface area contributed by atoms with E-state index in [1.165, 1.54) is 13.2 Å². The molecule has 0 atom stereocenters. The van der Waals surface area contributed by atoms with Gasteiger partial charge < -0.3 is 20.1 Å². The average Bonchev–Trinajstić information content (AvgIpc) is 3.27. The minimum Gasteiger partial charge on any atom is -0.493 e. The van der Waals surface area contributed by atoms with Gasteiger partial charge in [-0.3, -0.25) is 0 Å². The number of para-hydroxylation sites is 1. The van der Waals surface area contributed by atoms with Crippen LogP contribution in [0.1, 0.15) is 16.7 Å². The number of rotatable bonds is 9. The van der Waals surface area contributed by atoms with Gasteiger partial charge in [0.1, 0.15) is 6.61 Å². The Balaban J connectivity index is 1.49. The van der Waals surface area contributed by atoms with Gasteiger partial charge in [-0.15, -0.1) is 0 Å². The first-order chi connectivity index (χ1) is 16.4. The minimum absolute atomic E-state index is 0.00930. The Hall–Kier alpha value is -3.30. The molecule has 0 bridgehead atoms. The summed E-state index contributed by atoms with van der Waals surface area (Å²) in [5, 5.41) is 0.885. The molecule has 0 amide bonds. The molecule has 0 saturated heterocycles. The van der Waals surface area contributed by atoms with Crippen LogP contribution in [0, 0.1) is 0 Å². The highest BCUT2D eigenvalue weighted by Gasteiger charge is 2.30. The molecule has 4 rings (SSSR count). The molecule has 2 N–H and O–H groups in total. The van der Waals surface area contributed by atoms with Crippen molar-refractivity contribution in [1.29, 1.82) is 0 Å². The third-order valence-electron chi connectivity index (χ3n) is 5.20. The van der Waals surface area contributed by atoms with Gasteiger partial charge in [0.2, 0.25) is 0 Å². The summed E-state index contributed by atoms with van der Waals surface area (Å²) in [6.07, 6.45) is -4.39. The third-order valence-corrected chi connectivity index (χ3v) is 6.30. The van der Waals surface area contributed by atoms with Crippen molar-refractivity contribution >= 4 is 26.7 Å². The van der Waals surface area contributed by atoms with E-state index < -0.39 is 11.7 Å². The summed E-state index contributed by atoms with van der Waals surface area (Å²) in [6.45, 7) is 1.67. The fraction of sp³-hybridized carbons (Fsp3) is 0.240. The fourth-order valence-electron chi connectivity index (χ4n) is 3.54. The molecule has 1 heterocycles. The third kappa shape index (κ3) is 5.60. The molecule has 4 aromatic rings. The lowest BCUT2D eigenvalue weighted by Crippen LogP contribution is -2.28. The van der Waals surface area contributed by atoms with Crippen LogP contribution >= 0.6 is 11.3 Å². The zero-order valence-corrected chi connectivity index (χ0v) is 19.3. The number of anilines is 1. The SMILES string of the molecule is COc1cc(CN(CCN)c2nc3ccccc3s2)ccc1OCc1cccc(C(F)(F)F)c1. The number of ether oxygens (including phenoxy) is 2. The number of thiazole rings is 1. The highest BCUT2D eigenvalue weighted by molar-refractivity contribution is 7.22. The van der Waals surface area contributed by atoms with Crippen LogP contribution < -0.4 is 20.1 Å². The molecule has 5 nitrogen and oxygen atoms in total. The van der Waals surface area contributed by atoms with Gasteiger partial charge in [0.15, 0.2) is 16.6 Å². The maximum Gasteiger partial charge on any atom is 0.416 e. The molecule has 178 valence electrons. The lowest BCUT2D eigenvalue weighted by molar-refractivity contribution is -0.137. The number of nitrogens with two attached hydrogens (primary N) is 1. The van der Waals surface area contributed by atoms with Gasteiger partial charge in [0.05, 0.1) is 22.9 Å². The van der Waals surface area contributed by atoms with Crippen LogP contribution in [0.5, 0.6) is 11.5 Å². The van der Waals surface area contributed by atoms with E-state index in [-0.39, 0.29) is 6.61 Å². The average molecular weight is 488 g/mol. The summed E-state index contributed by atoms with van der Waals surface area (Å²) < 4.78 is 51.3. The molecule has 9 heteroatoms. The Kier molecular flexibility index (Phi) is 7.23. The van der Waals surface area contributed by atoms with Gasteiger partial charge in [0, 0.05) is 19.6 Å². The maximum absolute atomic E-state index is 13.0. The Bertz CT molecular complexity index is 1230. The van der Waals surface area contributed by atoms with Gasteiger partial charge in [-0.25, -0.2) is 4.98 Å². The van der Waals surface area contributed by atoms with Crippen molar-refractivity contribution in [3.05, 3.63) is 83.4 Å². The van der Waals surface area contributed by atoms with E-state index in [2.05, 4.69) is 4.90 Å². The fourth-order valence-corrected chi connectivity index (χ4v) is 4.53. The molecule has 0 radical (unpaired) electrons. The van der Waals surface area contributed by atoms with E-state index >= 15 is 0 Å². The van der Waals surface area contributed by atoms with E-state index in [1.807, 2.05) is 36.4 Å². The van der Waals surface area contributed by atoms with E-state index in [9.17, 15) is 13.2 Å². The first-order valence-corrected chi connectivity index (χ1v) is 11.5. The summed E-state index contributed by atoms with van der Waals surface area (Å²) in [5.41, 5.74) is 7.48. The van der Waals surface area contributed by atoms with Crippen LogP contribution in [-0.2, 0) is 19.3 Å². The van der Waals surface area contributed by atoms with Crippen molar-refractivity contribution < 1.29 is 22.6 Å². The topological polar surface area (TPSA) is 60.6 Å². The minimum atomic E-state index is -4.39. The molecule has 3 aromatic carbocycles. The molecule has 0 saturated carbocycles. The Morgan fingerprint density at radius 1 is 0.971 bits per heavy atom. The van der Waals surface area contributed by atoms with Crippen LogP contribution in [-0.4, -0.2) is 25.2 Å². The van der Waals surface area contributed by atoms with Crippen molar-refractivity contribution in [3.8, 4) is 11.5 Å². The lowest BCUT2D eigenvalue weighted by Gasteiger charge is -2.22. The van der Waals surface area contributed by atoms with Crippen molar-refractivity contribution in [2.45, 2.75) is 19.3 Å². The molecule has 0 fully saturated rings. The van der Waals surface area contributed by atoms with Crippen LogP contribution in [0.4, 0.5) is 18.3 Å². The standard InChI is InChI=1S/C25H24F3N3O2S/c1-32-22-14-17(15-31(12-11-29)24-30-20-7-2-3-8-23(20)34-24)9-10-21(22)33-16-18-5-4-6-19(13-18)25(26,27)28/h2-10,13-14H,11-12,15-16,29H2,1H3. The second kappa shape index (κ2) is 10.3. The molecule has 1 aromatic heterocycles. The van der Waals surface area contributed by atoms with Crippen molar-refractivity contribution in [2.75, 3.05) is 25.1 Å². The highest BCUT2D eigenvalue weighted by atomic mass is 32.1. The Morgan fingerprint density at radius 2 is 1.79 bits per heavy atom. The van der Waals surface area contributed by atoms with Gasteiger partial charge in [-0.05, 0) is 47.5 Å². The summed E-state index contributed by atoms with van der Waals surface area (Å²) in [7, 11) is 1.53. The Labute approximate surface area is 199 Å². The second-order valence-electron chi connectivity index (χ2n) is 7.65. The molecular weight excluding hydrogens is 463 g/mol.